The molecule has 2 N–H and O–H groups in total. The molecule has 1 unspecified atom stereocenters. The summed E-state index contributed by atoms with van der Waals surface area (Å²) in [5.74, 6) is -1.24. The third kappa shape index (κ3) is 1.72. The smallest absolute Gasteiger partial charge is 0.134 e. The minimum atomic E-state index is -0.848. The van der Waals surface area contributed by atoms with E-state index in [2.05, 4.69) is 0 Å². The predicted octanol–water partition coefficient (Wildman–Crippen LogP) is 2.91. The lowest BCUT2D eigenvalue weighted by Crippen LogP contribution is -2.15. The van der Waals surface area contributed by atoms with Gasteiger partial charge in [0.2, 0.25) is 0 Å². The van der Waals surface area contributed by atoms with Gasteiger partial charge in [-0.25, -0.2) is 8.78 Å². The number of nitrogens with two attached hydrogens (primary N) is 1. The third-order valence-electron chi connectivity index (χ3n) is 2.53. The first-order valence-electron chi connectivity index (χ1n) is 4.83. The van der Waals surface area contributed by atoms with Gasteiger partial charge in [-0.05, 0) is 24.6 Å². The van der Waals surface area contributed by atoms with Gasteiger partial charge in [-0.3, -0.25) is 0 Å². The molecule has 0 fully saturated rings. The zero-order valence-electron chi connectivity index (χ0n) is 8.71. The molecule has 1 aromatic carbocycles. The molecule has 4 heteroatoms. The van der Waals surface area contributed by atoms with E-state index in [1.54, 1.807) is 13.0 Å². The van der Waals surface area contributed by atoms with Crippen LogP contribution in [-0.4, -0.2) is 0 Å². The number of hydrogen-bond acceptors (Lipinski definition) is 2. The third-order valence-corrected chi connectivity index (χ3v) is 2.53. The van der Waals surface area contributed by atoms with Gasteiger partial charge in [0.15, 0.2) is 0 Å². The Kier molecular flexibility index (Phi) is 2.75. The van der Waals surface area contributed by atoms with E-state index in [9.17, 15) is 8.78 Å². The Hall–Kier alpha value is -1.68. The topological polar surface area (TPSA) is 39.2 Å². The number of hydrogen-bond donors (Lipinski definition) is 1. The molecule has 2 rings (SSSR count). The highest BCUT2D eigenvalue weighted by molar-refractivity contribution is 5.34. The first kappa shape index (κ1) is 10.8. The number of benzene rings is 1. The molecule has 2 aromatic rings. The largest absolute Gasteiger partial charge is 0.472 e. The Morgan fingerprint density at radius 1 is 1.25 bits per heavy atom. The molecule has 0 spiro atoms. The van der Waals surface area contributed by atoms with E-state index in [4.69, 9.17) is 10.2 Å². The van der Waals surface area contributed by atoms with Crippen LogP contribution in [0.15, 0.2) is 35.1 Å². The van der Waals surface area contributed by atoms with Gasteiger partial charge < -0.3 is 10.2 Å². The molecule has 0 aliphatic carbocycles. The second-order valence-corrected chi connectivity index (χ2v) is 3.63. The fourth-order valence-electron chi connectivity index (χ4n) is 1.58. The number of halogens is 2. The molecule has 1 heterocycles. The van der Waals surface area contributed by atoms with Crippen LogP contribution in [0, 0.1) is 18.6 Å². The van der Waals surface area contributed by atoms with Crippen molar-refractivity contribution < 1.29 is 13.2 Å². The SMILES string of the molecule is Cc1ccc(F)c(C(N)c2ccoc2)c1F. The van der Waals surface area contributed by atoms with E-state index in [-0.39, 0.29) is 5.56 Å². The van der Waals surface area contributed by atoms with Gasteiger partial charge in [0.05, 0.1) is 18.6 Å². The summed E-state index contributed by atoms with van der Waals surface area (Å²) in [5, 5.41) is 0. The Balaban J connectivity index is 2.52. The highest BCUT2D eigenvalue weighted by Crippen LogP contribution is 2.26. The quantitative estimate of drug-likeness (QED) is 0.850. The lowest BCUT2D eigenvalue weighted by atomic mass is 9.99. The van der Waals surface area contributed by atoms with E-state index in [0.717, 1.165) is 0 Å². The second kappa shape index (κ2) is 4.06. The molecule has 0 amide bonds. The van der Waals surface area contributed by atoms with Gasteiger partial charge >= 0.3 is 0 Å². The van der Waals surface area contributed by atoms with E-state index >= 15 is 0 Å². The highest BCUT2D eigenvalue weighted by atomic mass is 19.1. The van der Waals surface area contributed by atoms with Gasteiger partial charge in [0, 0.05) is 11.1 Å². The van der Waals surface area contributed by atoms with Gasteiger partial charge in [-0.2, -0.15) is 0 Å². The van der Waals surface area contributed by atoms with Gasteiger partial charge in [-0.1, -0.05) is 6.07 Å². The Labute approximate surface area is 91.7 Å². The molecular weight excluding hydrogens is 212 g/mol. The summed E-state index contributed by atoms with van der Waals surface area (Å²) in [6.07, 6.45) is 2.80. The Morgan fingerprint density at radius 2 is 2.00 bits per heavy atom. The van der Waals surface area contributed by atoms with Gasteiger partial charge in [-0.15, -0.1) is 0 Å². The minimum Gasteiger partial charge on any atom is -0.472 e. The van der Waals surface area contributed by atoms with Crippen LogP contribution in [0.5, 0.6) is 0 Å². The maximum atomic E-state index is 13.8. The van der Waals surface area contributed by atoms with Crippen LogP contribution in [0.2, 0.25) is 0 Å². The van der Waals surface area contributed by atoms with Gasteiger partial charge in [0.25, 0.3) is 0 Å². The zero-order chi connectivity index (χ0) is 11.7. The molecule has 84 valence electrons. The lowest BCUT2D eigenvalue weighted by molar-refractivity contribution is 0.532. The first-order chi connectivity index (χ1) is 7.61. The maximum absolute atomic E-state index is 13.8. The fourth-order valence-corrected chi connectivity index (χ4v) is 1.58. The minimum absolute atomic E-state index is 0.124. The highest BCUT2D eigenvalue weighted by Gasteiger charge is 2.20. The average Bonchev–Trinajstić information content (AvgIpc) is 2.77. The molecule has 0 bridgehead atoms. The monoisotopic (exact) mass is 223 g/mol. The van der Waals surface area contributed by atoms with E-state index in [1.807, 2.05) is 0 Å². The molecule has 2 nitrogen and oxygen atoms in total. The number of rotatable bonds is 2. The van der Waals surface area contributed by atoms with Gasteiger partial charge in [0.1, 0.15) is 11.6 Å². The number of furan rings is 1. The summed E-state index contributed by atoms with van der Waals surface area (Å²) in [6.45, 7) is 1.57. The molecule has 1 atom stereocenters. The molecule has 1 aromatic heterocycles. The average molecular weight is 223 g/mol. The van der Waals surface area contributed by atoms with Crippen molar-refractivity contribution in [2.45, 2.75) is 13.0 Å². The standard InChI is InChI=1S/C12H11F2NO/c1-7-2-3-9(13)10(11(7)14)12(15)8-4-5-16-6-8/h2-6,12H,15H2,1H3. The van der Waals surface area contributed by atoms with Crippen molar-refractivity contribution in [2.24, 2.45) is 5.73 Å². The second-order valence-electron chi connectivity index (χ2n) is 3.63. The Bertz CT molecular complexity index is 494. The number of aryl methyl sites for hydroxylation is 1. The van der Waals surface area contributed by atoms with E-state index < -0.39 is 17.7 Å². The van der Waals surface area contributed by atoms with Crippen LogP contribution < -0.4 is 5.73 Å². The van der Waals surface area contributed by atoms with E-state index in [0.29, 0.717) is 11.1 Å². The summed E-state index contributed by atoms with van der Waals surface area (Å²) in [6, 6.07) is 3.34. The first-order valence-corrected chi connectivity index (χ1v) is 4.83. The Morgan fingerprint density at radius 3 is 2.62 bits per heavy atom. The van der Waals surface area contributed by atoms with Crippen LogP contribution in [0.3, 0.4) is 0 Å². The van der Waals surface area contributed by atoms with E-state index in [1.165, 1.54) is 24.7 Å². The maximum Gasteiger partial charge on any atom is 0.134 e. The molecule has 0 aliphatic heterocycles. The van der Waals surface area contributed by atoms with Crippen LogP contribution in [-0.2, 0) is 0 Å². The van der Waals surface area contributed by atoms with Crippen molar-refractivity contribution in [1.82, 2.24) is 0 Å². The summed E-state index contributed by atoms with van der Waals surface area (Å²) < 4.78 is 32.1. The van der Waals surface area contributed by atoms with Crippen molar-refractivity contribution in [3.63, 3.8) is 0 Å². The lowest BCUT2D eigenvalue weighted by Gasteiger charge is -2.13. The predicted molar refractivity (Wildman–Crippen MR) is 55.8 cm³/mol. The molecule has 0 aliphatic rings. The molecule has 0 saturated heterocycles. The summed E-state index contributed by atoms with van der Waals surface area (Å²) in [5.41, 5.74) is 6.58. The summed E-state index contributed by atoms with van der Waals surface area (Å²) in [4.78, 5) is 0. The summed E-state index contributed by atoms with van der Waals surface area (Å²) >= 11 is 0. The van der Waals surface area contributed by atoms with Crippen LogP contribution in [0.25, 0.3) is 0 Å². The normalized spacial score (nSPS) is 12.8. The van der Waals surface area contributed by atoms with Crippen LogP contribution in [0.1, 0.15) is 22.7 Å². The molecular formula is C12H11F2NO. The molecule has 0 saturated carbocycles. The zero-order valence-corrected chi connectivity index (χ0v) is 8.71. The molecule has 0 radical (unpaired) electrons. The molecule has 16 heavy (non-hydrogen) atoms. The van der Waals surface area contributed by atoms with Crippen molar-refractivity contribution in [1.29, 1.82) is 0 Å². The fraction of sp³-hybridized carbons (Fsp3) is 0.167. The van der Waals surface area contributed by atoms with Crippen molar-refractivity contribution >= 4 is 0 Å². The van der Waals surface area contributed by atoms with Crippen molar-refractivity contribution in [2.75, 3.05) is 0 Å². The van der Waals surface area contributed by atoms with Crippen LogP contribution in [0.4, 0.5) is 8.78 Å². The van der Waals surface area contributed by atoms with Crippen molar-refractivity contribution in [3.8, 4) is 0 Å². The van der Waals surface area contributed by atoms with Crippen molar-refractivity contribution in [3.05, 3.63) is 59.1 Å². The van der Waals surface area contributed by atoms with Crippen LogP contribution >= 0.6 is 0 Å². The summed E-state index contributed by atoms with van der Waals surface area (Å²) in [7, 11) is 0.